The van der Waals surface area contributed by atoms with Crippen molar-refractivity contribution in [2.24, 2.45) is 5.92 Å². The van der Waals surface area contributed by atoms with Crippen molar-refractivity contribution in [2.75, 3.05) is 31.4 Å². The molecular weight excluding hydrogens is 388 g/mol. The van der Waals surface area contributed by atoms with Crippen molar-refractivity contribution in [3.8, 4) is 5.75 Å². The van der Waals surface area contributed by atoms with E-state index in [2.05, 4.69) is 6.07 Å². The Morgan fingerprint density at radius 3 is 2.59 bits per heavy atom. The second-order valence-electron chi connectivity index (χ2n) is 6.77. The van der Waals surface area contributed by atoms with Gasteiger partial charge in [-0.15, -0.1) is 0 Å². The number of thiophene rings is 1. The summed E-state index contributed by atoms with van der Waals surface area (Å²) in [6.45, 7) is 1.36. The molecule has 0 radical (unpaired) electrons. The summed E-state index contributed by atoms with van der Waals surface area (Å²) in [5, 5.41) is 11.8. The molecule has 0 unspecified atom stereocenters. The molecule has 1 saturated heterocycles. The molecule has 27 heavy (non-hydrogen) atoms. The molecular formula is C18H22N2O5S2. The van der Waals surface area contributed by atoms with Gasteiger partial charge >= 0.3 is 5.69 Å². The Bertz CT molecular complexity index is 931. The van der Waals surface area contributed by atoms with E-state index in [1.165, 1.54) is 11.6 Å². The topological polar surface area (TPSA) is 89.8 Å². The van der Waals surface area contributed by atoms with Crippen molar-refractivity contribution in [2.45, 2.75) is 23.5 Å². The average Bonchev–Trinajstić information content (AvgIpc) is 3.09. The van der Waals surface area contributed by atoms with Crippen LogP contribution in [-0.2, 0) is 16.3 Å². The number of ether oxygens (including phenoxy) is 1. The lowest BCUT2D eigenvalue weighted by Crippen LogP contribution is -2.34. The Morgan fingerprint density at radius 1 is 1.30 bits per heavy atom. The fourth-order valence-corrected chi connectivity index (χ4v) is 5.44. The third-order valence-corrected chi connectivity index (χ3v) is 7.78. The van der Waals surface area contributed by atoms with Crippen LogP contribution in [0.15, 0.2) is 34.5 Å². The van der Waals surface area contributed by atoms with Gasteiger partial charge in [0.05, 0.1) is 12.0 Å². The summed E-state index contributed by atoms with van der Waals surface area (Å²) in [7, 11) is -1.81. The molecule has 1 aromatic heterocycles. The maximum Gasteiger partial charge on any atom is 0.305 e. The lowest BCUT2D eigenvalue weighted by Gasteiger charge is -2.32. The van der Waals surface area contributed by atoms with Crippen molar-refractivity contribution < 1.29 is 18.1 Å². The standard InChI is InChI=1S/C18H22N2O5S2/c1-25-15-5-3-4-14(11-15)10-13-6-8-19(9-7-13)18-16(20(21)22)12-17(26-18)27(2,23)24/h3-5,11-13H,6-10H2,1-2H3. The molecule has 0 aliphatic carbocycles. The molecule has 0 bridgehead atoms. The number of hydrogen-bond donors (Lipinski definition) is 0. The zero-order chi connectivity index (χ0) is 19.6. The minimum Gasteiger partial charge on any atom is -0.497 e. The molecule has 146 valence electrons. The molecule has 0 amide bonds. The van der Waals surface area contributed by atoms with E-state index in [0.717, 1.165) is 42.6 Å². The van der Waals surface area contributed by atoms with E-state index in [1.54, 1.807) is 7.11 Å². The van der Waals surface area contributed by atoms with Crippen LogP contribution in [0.1, 0.15) is 18.4 Å². The lowest BCUT2D eigenvalue weighted by atomic mass is 9.90. The van der Waals surface area contributed by atoms with Crippen molar-refractivity contribution >= 4 is 31.9 Å². The van der Waals surface area contributed by atoms with Gasteiger partial charge in [-0.1, -0.05) is 23.5 Å². The van der Waals surface area contributed by atoms with Crippen LogP contribution in [-0.4, -0.2) is 39.8 Å². The van der Waals surface area contributed by atoms with Gasteiger partial charge in [-0.25, -0.2) is 8.42 Å². The average molecular weight is 411 g/mol. The van der Waals surface area contributed by atoms with Crippen LogP contribution in [0, 0.1) is 16.0 Å². The van der Waals surface area contributed by atoms with E-state index in [0.29, 0.717) is 24.0 Å². The first-order chi connectivity index (χ1) is 12.8. The van der Waals surface area contributed by atoms with Crippen LogP contribution in [0.25, 0.3) is 0 Å². The van der Waals surface area contributed by atoms with Gasteiger partial charge in [0.2, 0.25) is 0 Å². The summed E-state index contributed by atoms with van der Waals surface area (Å²) < 4.78 is 28.8. The first-order valence-electron chi connectivity index (χ1n) is 8.64. The Labute approximate surface area is 162 Å². The predicted molar refractivity (Wildman–Crippen MR) is 106 cm³/mol. The van der Waals surface area contributed by atoms with Crippen molar-refractivity contribution in [3.05, 3.63) is 46.0 Å². The van der Waals surface area contributed by atoms with Gasteiger partial charge in [0.25, 0.3) is 0 Å². The second kappa shape index (κ2) is 7.85. The Balaban J connectivity index is 1.70. The van der Waals surface area contributed by atoms with Crippen LogP contribution >= 0.6 is 11.3 Å². The predicted octanol–water partition coefficient (Wildman–Crippen LogP) is 3.53. The molecule has 3 rings (SSSR count). The molecule has 9 heteroatoms. The van der Waals surface area contributed by atoms with Gasteiger partial charge in [-0.2, -0.15) is 0 Å². The lowest BCUT2D eigenvalue weighted by molar-refractivity contribution is -0.383. The van der Waals surface area contributed by atoms with Crippen molar-refractivity contribution in [1.29, 1.82) is 0 Å². The molecule has 0 saturated carbocycles. The number of anilines is 1. The monoisotopic (exact) mass is 410 g/mol. The van der Waals surface area contributed by atoms with E-state index >= 15 is 0 Å². The molecule has 0 atom stereocenters. The van der Waals surface area contributed by atoms with E-state index in [9.17, 15) is 18.5 Å². The zero-order valence-electron chi connectivity index (χ0n) is 15.3. The SMILES string of the molecule is COc1cccc(CC2CCN(c3sc(S(C)(=O)=O)cc3[N+](=O)[O-])CC2)c1. The van der Waals surface area contributed by atoms with E-state index in [4.69, 9.17) is 4.74 Å². The highest BCUT2D eigenvalue weighted by atomic mass is 32.2. The molecule has 7 nitrogen and oxygen atoms in total. The summed E-state index contributed by atoms with van der Waals surface area (Å²) in [6.07, 6.45) is 3.82. The highest BCUT2D eigenvalue weighted by molar-refractivity contribution is 7.92. The highest BCUT2D eigenvalue weighted by Gasteiger charge is 2.30. The van der Waals surface area contributed by atoms with E-state index < -0.39 is 14.8 Å². The maximum atomic E-state index is 11.8. The first kappa shape index (κ1) is 19.6. The van der Waals surface area contributed by atoms with Crippen LogP contribution in [0.4, 0.5) is 10.7 Å². The van der Waals surface area contributed by atoms with E-state index in [1.807, 2.05) is 23.1 Å². The summed E-state index contributed by atoms with van der Waals surface area (Å²) in [6, 6.07) is 9.19. The molecule has 1 aromatic carbocycles. The molecule has 2 aromatic rings. The van der Waals surface area contributed by atoms with Gasteiger partial charge in [0.15, 0.2) is 14.8 Å². The number of sulfone groups is 1. The summed E-state index contributed by atoms with van der Waals surface area (Å²) in [4.78, 5) is 12.8. The molecule has 0 spiro atoms. The molecule has 1 aliphatic rings. The van der Waals surface area contributed by atoms with Gasteiger partial charge in [0, 0.05) is 25.4 Å². The number of nitro groups is 1. The molecule has 1 fully saturated rings. The molecule has 1 aliphatic heterocycles. The van der Waals surface area contributed by atoms with Gasteiger partial charge in [-0.05, 0) is 42.9 Å². The Kier molecular flexibility index (Phi) is 5.71. The van der Waals surface area contributed by atoms with Crippen LogP contribution in [0.5, 0.6) is 5.75 Å². The number of benzene rings is 1. The van der Waals surface area contributed by atoms with Crippen LogP contribution in [0.3, 0.4) is 0 Å². The number of piperidine rings is 1. The zero-order valence-corrected chi connectivity index (χ0v) is 16.9. The molecule has 2 heterocycles. The minimum absolute atomic E-state index is 0.0442. The second-order valence-corrected chi connectivity index (χ2v) is 10.0. The number of methoxy groups -OCH3 is 1. The Morgan fingerprint density at radius 2 is 2.00 bits per heavy atom. The first-order valence-corrected chi connectivity index (χ1v) is 11.3. The van der Waals surface area contributed by atoms with Gasteiger partial charge in [-0.3, -0.25) is 10.1 Å². The summed E-state index contributed by atoms with van der Waals surface area (Å²) >= 11 is 0.991. The fraction of sp³-hybridized carbons (Fsp3) is 0.444. The van der Waals surface area contributed by atoms with Crippen LogP contribution in [0.2, 0.25) is 0 Å². The smallest absolute Gasteiger partial charge is 0.305 e. The minimum atomic E-state index is -3.46. The van der Waals surface area contributed by atoms with Gasteiger partial charge in [0.1, 0.15) is 9.96 Å². The van der Waals surface area contributed by atoms with Crippen molar-refractivity contribution in [3.63, 3.8) is 0 Å². The third kappa shape index (κ3) is 4.59. The normalized spacial score (nSPS) is 15.7. The largest absolute Gasteiger partial charge is 0.497 e. The number of nitrogens with zero attached hydrogens (tertiary/aromatic N) is 2. The fourth-order valence-electron chi connectivity index (χ4n) is 3.36. The van der Waals surface area contributed by atoms with Crippen LogP contribution < -0.4 is 9.64 Å². The molecule has 0 N–H and O–H groups in total. The van der Waals surface area contributed by atoms with Gasteiger partial charge < -0.3 is 9.64 Å². The Hall–Kier alpha value is -2.13. The van der Waals surface area contributed by atoms with E-state index in [-0.39, 0.29) is 9.90 Å². The van der Waals surface area contributed by atoms with Crippen molar-refractivity contribution in [1.82, 2.24) is 0 Å². The summed E-state index contributed by atoms with van der Waals surface area (Å²) in [5.41, 5.74) is 1.10. The summed E-state index contributed by atoms with van der Waals surface area (Å²) in [5.74, 6) is 1.33. The number of hydrogen-bond acceptors (Lipinski definition) is 7. The quantitative estimate of drug-likeness (QED) is 0.535. The number of rotatable bonds is 6. The maximum absolute atomic E-state index is 11.8. The highest BCUT2D eigenvalue weighted by Crippen LogP contribution is 2.41. The third-order valence-electron chi connectivity index (χ3n) is 4.79.